The van der Waals surface area contributed by atoms with Crippen LogP contribution >= 0.6 is 0 Å². The summed E-state index contributed by atoms with van der Waals surface area (Å²) in [4.78, 5) is 0. The van der Waals surface area contributed by atoms with Gasteiger partial charge in [-0.05, 0) is 18.8 Å². The van der Waals surface area contributed by atoms with Gasteiger partial charge in [-0.2, -0.15) is 0 Å². The fourth-order valence-corrected chi connectivity index (χ4v) is 1.35. The molecule has 0 aromatic carbocycles. The molecule has 0 saturated heterocycles. The minimum Gasteiger partial charge on any atom is -0.412 e. The Morgan fingerprint density at radius 3 is 1.64 bits per heavy atom. The summed E-state index contributed by atoms with van der Waals surface area (Å²) in [5.41, 5.74) is 6.24. The summed E-state index contributed by atoms with van der Waals surface area (Å²) in [5, 5.41) is 0. The van der Waals surface area contributed by atoms with Gasteiger partial charge in [0, 0.05) is 5.54 Å². The van der Waals surface area contributed by atoms with Crippen LogP contribution in [-0.4, -0.2) is 11.0 Å². The Hall–Kier alpha value is -0.0800. The van der Waals surface area contributed by atoms with Crippen LogP contribution in [0.3, 0.4) is 0 Å². The predicted octanol–water partition coefficient (Wildman–Crippen LogP) is 1.73. The van der Waals surface area contributed by atoms with Crippen LogP contribution in [0.25, 0.3) is 0 Å². The highest BCUT2D eigenvalue weighted by Gasteiger charge is 2.25. The van der Waals surface area contributed by atoms with E-state index in [9.17, 15) is 0 Å². The van der Waals surface area contributed by atoms with Gasteiger partial charge in [-0.1, -0.05) is 34.1 Å². The molecular formula is C9H23NO. The fourth-order valence-electron chi connectivity index (χ4n) is 1.35. The highest BCUT2D eigenvalue weighted by Crippen LogP contribution is 2.24. The average Bonchev–Trinajstić information content (AvgIpc) is 2.01. The maximum Gasteiger partial charge on any atom is 0.0174 e. The summed E-state index contributed by atoms with van der Waals surface area (Å²) in [6, 6.07) is 0. The maximum atomic E-state index is 6.15. The van der Waals surface area contributed by atoms with Gasteiger partial charge in [0.05, 0.1) is 0 Å². The number of rotatable bonds is 4. The van der Waals surface area contributed by atoms with Crippen molar-refractivity contribution in [1.82, 2.24) is 0 Å². The lowest BCUT2D eigenvalue weighted by atomic mass is 9.80. The summed E-state index contributed by atoms with van der Waals surface area (Å²) in [6.07, 6.45) is 3.38. The third-order valence-electron chi connectivity index (χ3n) is 2.91. The van der Waals surface area contributed by atoms with Crippen molar-refractivity contribution in [2.75, 3.05) is 0 Å². The number of nitrogens with two attached hydrogens (primary N) is 1. The van der Waals surface area contributed by atoms with Gasteiger partial charge in [-0.25, -0.2) is 0 Å². The van der Waals surface area contributed by atoms with Crippen molar-refractivity contribution in [3.8, 4) is 0 Å². The first-order chi connectivity index (χ1) is 4.60. The molecule has 0 rings (SSSR count). The molecule has 0 fully saturated rings. The second-order valence-electron chi connectivity index (χ2n) is 3.25. The Morgan fingerprint density at radius 2 is 1.55 bits per heavy atom. The van der Waals surface area contributed by atoms with Crippen LogP contribution in [0.4, 0.5) is 0 Å². The summed E-state index contributed by atoms with van der Waals surface area (Å²) >= 11 is 0. The minimum atomic E-state index is 0. The van der Waals surface area contributed by atoms with E-state index in [0.29, 0.717) is 5.92 Å². The lowest BCUT2D eigenvalue weighted by molar-refractivity contribution is 0.263. The molecule has 70 valence electrons. The molecular weight excluding hydrogens is 138 g/mol. The first-order valence-corrected chi connectivity index (χ1v) is 4.39. The van der Waals surface area contributed by atoms with Crippen molar-refractivity contribution >= 4 is 0 Å². The molecule has 0 saturated carbocycles. The van der Waals surface area contributed by atoms with Crippen LogP contribution in [0.2, 0.25) is 0 Å². The third kappa shape index (κ3) is 3.21. The van der Waals surface area contributed by atoms with Crippen LogP contribution < -0.4 is 5.73 Å². The Labute approximate surface area is 70.5 Å². The van der Waals surface area contributed by atoms with Gasteiger partial charge in [-0.3, -0.25) is 0 Å². The zero-order valence-electron chi connectivity index (χ0n) is 8.28. The van der Waals surface area contributed by atoms with E-state index in [1.165, 1.54) is 6.42 Å². The zero-order valence-corrected chi connectivity index (χ0v) is 8.28. The number of hydrogen-bond acceptors (Lipinski definition) is 1. The van der Waals surface area contributed by atoms with Gasteiger partial charge >= 0.3 is 0 Å². The molecule has 0 bridgehead atoms. The van der Waals surface area contributed by atoms with E-state index in [0.717, 1.165) is 12.8 Å². The molecule has 0 aromatic heterocycles. The van der Waals surface area contributed by atoms with E-state index >= 15 is 0 Å². The molecule has 2 nitrogen and oxygen atoms in total. The number of hydrogen-bond donors (Lipinski definition) is 1. The Morgan fingerprint density at radius 1 is 1.18 bits per heavy atom. The van der Waals surface area contributed by atoms with Crippen molar-refractivity contribution in [1.29, 1.82) is 0 Å². The van der Waals surface area contributed by atoms with E-state index in [4.69, 9.17) is 5.73 Å². The first kappa shape index (κ1) is 13.5. The van der Waals surface area contributed by atoms with E-state index in [1.54, 1.807) is 0 Å². The molecule has 1 unspecified atom stereocenters. The Bertz CT molecular complexity index is 89.6. The van der Waals surface area contributed by atoms with Gasteiger partial charge in [0.1, 0.15) is 0 Å². The third-order valence-corrected chi connectivity index (χ3v) is 2.91. The van der Waals surface area contributed by atoms with Crippen molar-refractivity contribution in [2.45, 2.75) is 52.5 Å². The molecule has 1 atom stereocenters. The SMILES string of the molecule is CCC(C)C(N)(CC)CC.O. The van der Waals surface area contributed by atoms with E-state index in [2.05, 4.69) is 27.7 Å². The summed E-state index contributed by atoms with van der Waals surface area (Å²) < 4.78 is 0. The van der Waals surface area contributed by atoms with Gasteiger partial charge in [0.25, 0.3) is 0 Å². The van der Waals surface area contributed by atoms with Crippen molar-refractivity contribution in [3.05, 3.63) is 0 Å². The zero-order chi connectivity index (χ0) is 8.20. The molecule has 0 aliphatic rings. The molecule has 2 heteroatoms. The van der Waals surface area contributed by atoms with Gasteiger partial charge in [-0.15, -0.1) is 0 Å². The van der Waals surface area contributed by atoms with Crippen LogP contribution in [-0.2, 0) is 0 Å². The van der Waals surface area contributed by atoms with E-state index < -0.39 is 0 Å². The Balaban J connectivity index is 0. The predicted molar refractivity (Wildman–Crippen MR) is 50.6 cm³/mol. The minimum absolute atomic E-state index is 0. The van der Waals surface area contributed by atoms with Crippen molar-refractivity contribution < 1.29 is 5.48 Å². The second-order valence-corrected chi connectivity index (χ2v) is 3.25. The Kier molecular flexibility index (Phi) is 6.82. The summed E-state index contributed by atoms with van der Waals surface area (Å²) in [5.74, 6) is 0.655. The second kappa shape index (κ2) is 5.56. The molecule has 0 radical (unpaired) electrons. The molecule has 4 N–H and O–H groups in total. The van der Waals surface area contributed by atoms with Crippen LogP contribution in [0, 0.1) is 5.92 Å². The van der Waals surface area contributed by atoms with Gasteiger partial charge in [0.15, 0.2) is 0 Å². The summed E-state index contributed by atoms with van der Waals surface area (Å²) in [6.45, 7) is 8.80. The van der Waals surface area contributed by atoms with Crippen LogP contribution in [0.5, 0.6) is 0 Å². The van der Waals surface area contributed by atoms with E-state index in [1.807, 2.05) is 0 Å². The topological polar surface area (TPSA) is 57.5 Å². The van der Waals surface area contributed by atoms with Crippen LogP contribution in [0.15, 0.2) is 0 Å². The molecule has 11 heavy (non-hydrogen) atoms. The highest BCUT2D eigenvalue weighted by atomic mass is 16.0. The van der Waals surface area contributed by atoms with Crippen molar-refractivity contribution in [3.63, 3.8) is 0 Å². The normalized spacial score (nSPS) is 13.9. The van der Waals surface area contributed by atoms with Gasteiger partial charge < -0.3 is 11.2 Å². The molecule has 0 amide bonds. The lowest BCUT2D eigenvalue weighted by Gasteiger charge is -2.33. The largest absolute Gasteiger partial charge is 0.412 e. The lowest BCUT2D eigenvalue weighted by Crippen LogP contribution is -2.44. The quantitative estimate of drug-likeness (QED) is 0.670. The monoisotopic (exact) mass is 161 g/mol. The molecule has 0 aliphatic heterocycles. The maximum absolute atomic E-state index is 6.15. The first-order valence-electron chi connectivity index (χ1n) is 4.39. The smallest absolute Gasteiger partial charge is 0.0174 e. The average molecular weight is 161 g/mol. The molecule has 0 aromatic rings. The highest BCUT2D eigenvalue weighted by molar-refractivity contribution is 4.85. The van der Waals surface area contributed by atoms with Crippen LogP contribution in [0.1, 0.15) is 47.0 Å². The van der Waals surface area contributed by atoms with Crippen molar-refractivity contribution in [2.24, 2.45) is 11.7 Å². The van der Waals surface area contributed by atoms with E-state index in [-0.39, 0.29) is 11.0 Å². The molecule has 0 spiro atoms. The molecule has 0 heterocycles. The summed E-state index contributed by atoms with van der Waals surface area (Å²) in [7, 11) is 0. The fraction of sp³-hybridized carbons (Fsp3) is 1.00. The van der Waals surface area contributed by atoms with Gasteiger partial charge in [0.2, 0.25) is 0 Å². The standard InChI is InChI=1S/C9H21N.H2O/c1-5-8(4)9(10,6-2)7-3;/h8H,5-7,10H2,1-4H3;1H2. The molecule has 0 aliphatic carbocycles.